The van der Waals surface area contributed by atoms with Crippen LogP contribution in [0.4, 0.5) is 0 Å². The lowest BCUT2D eigenvalue weighted by molar-refractivity contribution is -0.113. The van der Waals surface area contributed by atoms with E-state index in [1.807, 2.05) is 18.2 Å². The van der Waals surface area contributed by atoms with Gasteiger partial charge in [-0.15, -0.1) is 0 Å². The second-order valence-electron chi connectivity index (χ2n) is 12.5. The van der Waals surface area contributed by atoms with Crippen LogP contribution in [-0.2, 0) is 22.6 Å². The van der Waals surface area contributed by atoms with Gasteiger partial charge >= 0.3 is 0 Å². The molecule has 2 aliphatic heterocycles. The number of aromatic nitrogens is 1. The Morgan fingerprint density at radius 2 is 1.74 bits per heavy atom. The van der Waals surface area contributed by atoms with Gasteiger partial charge in [-0.25, -0.2) is 0 Å². The average molecular weight is 570 g/mol. The van der Waals surface area contributed by atoms with Gasteiger partial charge in [0.1, 0.15) is 5.69 Å². The number of Topliss-reactive ketones (excluding diaryl/α,β-unsaturated/α-hetero) is 1. The molecule has 5 rings (SSSR count). The van der Waals surface area contributed by atoms with Crippen molar-refractivity contribution in [3.63, 3.8) is 0 Å². The van der Waals surface area contributed by atoms with Gasteiger partial charge in [0, 0.05) is 51.9 Å². The quantitative estimate of drug-likeness (QED) is 0.222. The summed E-state index contributed by atoms with van der Waals surface area (Å²) in [5, 5.41) is 0. The van der Waals surface area contributed by atoms with Gasteiger partial charge in [-0.05, 0) is 55.5 Å². The van der Waals surface area contributed by atoms with Gasteiger partial charge < -0.3 is 9.47 Å². The molecular weight excluding hydrogens is 522 g/mol. The molecule has 2 fully saturated rings. The Labute approximate surface area is 252 Å². The zero-order chi connectivity index (χ0) is 29.4. The molecule has 2 aromatic carbocycles. The van der Waals surface area contributed by atoms with Crippen LogP contribution in [0.5, 0.6) is 0 Å². The summed E-state index contributed by atoms with van der Waals surface area (Å²) >= 11 is 0. The number of nitrogens with zero attached hydrogens (tertiary/aromatic N) is 3. The molecule has 224 valence electrons. The van der Waals surface area contributed by atoms with Crippen molar-refractivity contribution >= 4 is 5.78 Å². The first-order valence-corrected chi connectivity index (χ1v) is 15.7. The van der Waals surface area contributed by atoms with Gasteiger partial charge in [0.05, 0.1) is 23.9 Å². The minimum Gasteiger partial charge on any atom is -0.375 e. The van der Waals surface area contributed by atoms with Crippen molar-refractivity contribution in [1.29, 1.82) is 0 Å². The highest BCUT2D eigenvalue weighted by Gasteiger charge is 2.51. The molecule has 0 unspecified atom stereocenters. The van der Waals surface area contributed by atoms with Crippen LogP contribution in [0.3, 0.4) is 0 Å². The molecule has 0 N–H and O–H groups in total. The largest absolute Gasteiger partial charge is 0.375 e. The lowest BCUT2D eigenvalue weighted by Gasteiger charge is -2.52. The van der Waals surface area contributed by atoms with Crippen molar-refractivity contribution in [2.24, 2.45) is 0 Å². The Kier molecular flexibility index (Phi) is 10.2. The Balaban J connectivity index is 1.21. The second kappa shape index (κ2) is 14.0. The van der Waals surface area contributed by atoms with Crippen molar-refractivity contribution in [1.82, 2.24) is 14.8 Å². The Hall–Kier alpha value is -2.90. The number of rotatable bonds is 12. The van der Waals surface area contributed by atoms with Crippen LogP contribution in [0.2, 0.25) is 0 Å². The summed E-state index contributed by atoms with van der Waals surface area (Å²) in [6, 6.07) is 25.1. The third-order valence-electron chi connectivity index (χ3n) is 8.86. The predicted molar refractivity (Wildman–Crippen MR) is 167 cm³/mol. The highest BCUT2D eigenvalue weighted by molar-refractivity contribution is 6.02. The van der Waals surface area contributed by atoms with Gasteiger partial charge in [0.2, 0.25) is 5.78 Å². The van der Waals surface area contributed by atoms with Crippen molar-refractivity contribution in [2.75, 3.05) is 32.8 Å². The summed E-state index contributed by atoms with van der Waals surface area (Å²) in [5.41, 5.74) is 3.41. The molecule has 3 heterocycles. The zero-order valence-corrected chi connectivity index (χ0v) is 25.6. The van der Waals surface area contributed by atoms with Crippen molar-refractivity contribution in [3.8, 4) is 0 Å². The normalized spacial score (nSPS) is 22.1. The summed E-state index contributed by atoms with van der Waals surface area (Å²) in [4.78, 5) is 23.4. The van der Waals surface area contributed by atoms with Crippen LogP contribution >= 0.6 is 0 Å². The third kappa shape index (κ3) is 7.54. The topological polar surface area (TPSA) is 54.9 Å². The summed E-state index contributed by atoms with van der Waals surface area (Å²) in [6.45, 7) is 12.1. The number of benzene rings is 2. The van der Waals surface area contributed by atoms with Crippen LogP contribution in [0.25, 0.3) is 0 Å². The molecule has 0 amide bonds. The first-order chi connectivity index (χ1) is 20.4. The summed E-state index contributed by atoms with van der Waals surface area (Å²) in [7, 11) is 0. The number of hydrogen-bond acceptors (Lipinski definition) is 6. The van der Waals surface area contributed by atoms with Gasteiger partial charge in [-0.2, -0.15) is 0 Å². The highest BCUT2D eigenvalue weighted by Crippen LogP contribution is 2.39. The van der Waals surface area contributed by atoms with Crippen molar-refractivity contribution in [2.45, 2.75) is 83.3 Å². The number of ether oxygens (including phenoxy) is 2. The van der Waals surface area contributed by atoms with Gasteiger partial charge in [-0.1, -0.05) is 80.4 Å². The van der Waals surface area contributed by atoms with E-state index < -0.39 is 5.54 Å². The molecule has 0 aliphatic carbocycles. The number of ketones is 1. The number of hydrogen-bond donors (Lipinski definition) is 0. The zero-order valence-electron chi connectivity index (χ0n) is 25.6. The molecule has 0 bridgehead atoms. The first-order valence-electron chi connectivity index (χ1n) is 15.7. The third-order valence-corrected chi connectivity index (χ3v) is 8.86. The molecule has 0 saturated carbocycles. The predicted octanol–water partition coefficient (Wildman–Crippen LogP) is 6.86. The van der Waals surface area contributed by atoms with E-state index in [1.54, 1.807) is 6.20 Å². The van der Waals surface area contributed by atoms with E-state index in [0.29, 0.717) is 31.7 Å². The van der Waals surface area contributed by atoms with Crippen molar-refractivity contribution < 1.29 is 14.3 Å². The number of carbonyl (C=O) groups excluding carboxylic acids is 1. The molecule has 0 radical (unpaired) electrons. The van der Waals surface area contributed by atoms with Crippen molar-refractivity contribution in [3.05, 3.63) is 101 Å². The van der Waals surface area contributed by atoms with Crippen LogP contribution in [-0.4, -0.2) is 64.5 Å². The molecule has 0 spiro atoms. The minimum atomic E-state index is -0.577. The van der Waals surface area contributed by atoms with Gasteiger partial charge in [-0.3, -0.25) is 19.6 Å². The van der Waals surface area contributed by atoms with Crippen LogP contribution in [0, 0.1) is 0 Å². The lowest BCUT2D eigenvalue weighted by atomic mass is 9.75. The molecule has 3 aromatic rings. The maximum Gasteiger partial charge on any atom is 0.201 e. The van der Waals surface area contributed by atoms with E-state index in [-0.39, 0.29) is 17.5 Å². The van der Waals surface area contributed by atoms with E-state index in [9.17, 15) is 4.79 Å². The first kappa shape index (κ1) is 30.6. The number of piperazine rings is 1. The maximum absolute atomic E-state index is 14.0. The van der Waals surface area contributed by atoms with Crippen LogP contribution in [0.1, 0.15) is 86.2 Å². The van der Waals surface area contributed by atoms with Crippen LogP contribution in [0.15, 0.2) is 79.0 Å². The fourth-order valence-corrected chi connectivity index (χ4v) is 6.69. The van der Waals surface area contributed by atoms with E-state index in [1.165, 1.54) is 23.1 Å². The molecule has 6 nitrogen and oxygen atoms in total. The van der Waals surface area contributed by atoms with E-state index >= 15 is 0 Å². The highest BCUT2D eigenvalue weighted by atomic mass is 16.5. The lowest BCUT2D eigenvalue weighted by Crippen LogP contribution is -2.65. The van der Waals surface area contributed by atoms with Gasteiger partial charge in [0.25, 0.3) is 0 Å². The second-order valence-corrected chi connectivity index (χ2v) is 12.5. The fraction of sp³-hybridized carbons (Fsp3) is 0.500. The molecule has 6 heteroatoms. The Morgan fingerprint density at radius 1 is 0.976 bits per heavy atom. The monoisotopic (exact) mass is 569 g/mol. The van der Waals surface area contributed by atoms with E-state index in [0.717, 1.165) is 45.6 Å². The molecule has 2 atom stereocenters. The van der Waals surface area contributed by atoms with E-state index in [4.69, 9.17) is 9.47 Å². The number of unbranched alkanes of at least 4 members (excludes halogenated alkanes) is 1. The number of carbonyl (C=O) groups is 1. The summed E-state index contributed by atoms with van der Waals surface area (Å²) in [6.07, 6.45) is 6.59. The molecule has 42 heavy (non-hydrogen) atoms. The maximum atomic E-state index is 14.0. The standard InChI is InChI=1S/C36H47N3O3/c1-4-5-17-33(31-14-7-6-8-15-31)41-27-30-13-11-12-29(25-30)26-38-20-22-39(23-21-38)36(18-24-42-35(2,3)28-36)34(40)32-16-9-10-19-37-32/h6-16,19,25,33H,4-5,17-18,20-24,26-28H2,1-3H3/t33-,36-/m1/s1. The molecule has 2 aliphatic rings. The average Bonchev–Trinajstić information content (AvgIpc) is 3.01. The smallest absolute Gasteiger partial charge is 0.201 e. The molecule has 1 aromatic heterocycles. The summed E-state index contributed by atoms with van der Waals surface area (Å²) < 4.78 is 12.5. The number of pyridine rings is 1. The van der Waals surface area contributed by atoms with E-state index in [2.05, 4.69) is 90.2 Å². The summed E-state index contributed by atoms with van der Waals surface area (Å²) in [5.74, 6) is 0.133. The Bertz CT molecular complexity index is 1270. The van der Waals surface area contributed by atoms with Gasteiger partial charge in [0.15, 0.2) is 0 Å². The fourth-order valence-electron chi connectivity index (χ4n) is 6.69. The Morgan fingerprint density at radius 3 is 2.45 bits per heavy atom. The minimum absolute atomic E-state index is 0.124. The SMILES string of the molecule is CCCC[C@@H](OCc1cccc(CN2CCN([C@]3(C(=O)c4ccccn4)CCOC(C)(C)C3)CC2)c1)c1ccccc1. The van der Waals surface area contributed by atoms with Crippen LogP contribution < -0.4 is 0 Å². The molecular formula is C36H47N3O3. The molecule has 2 saturated heterocycles.